The van der Waals surface area contributed by atoms with Gasteiger partial charge in [0.2, 0.25) is 0 Å². The third-order valence-electron chi connectivity index (χ3n) is 3.98. The predicted octanol–water partition coefficient (Wildman–Crippen LogP) is 3.19. The summed E-state index contributed by atoms with van der Waals surface area (Å²) in [5.41, 5.74) is -1.55. The largest absolute Gasteiger partial charge is 0.385 e. The summed E-state index contributed by atoms with van der Waals surface area (Å²) in [6.45, 7) is 4.46. The number of halogens is 3. The molecule has 0 aromatic heterocycles. The zero-order valence-electron chi connectivity index (χ0n) is 11.6. The SMILES string of the molecule is CCCN1CCCC(O)(c2ccc(F)c(F)c2F)CC1. The molecule has 0 aliphatic carbocycles. The van der Waals surface area contributed by atoms with E-state index in [9.17, 15) is 18.3 Å². The summed E-state index contributed by atoms with van der Waals surface area (Å²) in [5, 5.41) is 10.6. The summed E-state index contributed by atoms with van der Waals surface area (Å²) in [4.78, 5) is 2.20. The number of benzene rings is 1. The molecule has 1 unspecified atom stereocenters. The standard InChI is InChI=1S/C15H20F3NO/c1-2-8-19-9-3-6-15(20,7-10-19)11-4-5-12(16)14(18)13(11)17/h4-5,20H,2-3,6-10H2,1H3. The van der Waals surface area contributed by atoms with E-state index >= 15 is 0 Å². The van der Waals surface area contributed by atoms with E-state index in [0.717, 1.165) is 31.6 Å². The molecule has 1 heterocycles. The lowest BCUT2D eigenvalue weighted by Crippen LogP contribution is -2.30. The lowest BCUT2D eigenvalue weighted by atomic mass is 9.86. The number of rotatable bonds is 3. The minimum Gasteiger partial charge on any atom is -0.385 e. The molecule has 1 fully saturated rings. The highest BCUT2D eigenvalue weighted by Crippen LogP contribution is 2.35. The van der Waals surface area contributed by atoms with Gasteiger partial charge >= 0.3 is 0 Å². The molecule has 0 radical (unpaired) electrons. The Bertz CT molecular complexity index is 480. The topological polar surface area (TPSA) is 23.5 Å². The van der Waals surface area contributed by atoms with Crippen LogP contribution in [0, 0.1) is 17.5 Å². The maximum absolute atomic E-state index is 13.9. The molecule has 1 aliphatic heterocycles. The molecule has 1 N–H and O–H groups in total. The average Bonchev–Trinajstić information content (AvgIpc) is 2.60. The Morgan fingerprint density at radius 2 is 1.90 bits per heavy atom. The summed E-state index contributed by atoms with van der Waals surface area (Å²) < 4.78 is 40.2. The van der Waals surface area contributed by atoms with Crippen molar-refractivity contribution in [2.45, 2.75) is 38.2 Å². The second-order valence-corrected chi connectivity index (χ2v) is 5.45. The second-order valence-electron chi connectivity index (χ2n) is 5.45. The summed E-state index contributed by atoms with van der Waals surface area (Å²) in [6, 6.07) is 2.03. The van der Waals surface area contributed by atoms with Crippen molar-refractivity contribution in [1.82, 2.24) is 4.90 Å². The van der Waals surface area contributed by atoms with Crippen LogP contribution in [0.1, 0.15) is 38.2 Å². The average molecular weight is 287 g/mol. The van der Waals surface area contributed by atoms with Gasteiger partial charge in [0.25, 0.3) is 0 Å². The van der Waals surface area contributed by atoms with E-state index < -0.39 is 23.1 Å². The van der Waals surface area contributed by atoms with Gasteiger partial charge in [-0.3, -0.25) is 0 Å². The van der Waals surface area contributed by atoms with Crippen molar-refractivity contribution in [2.75, 3.05) is 19.6 Å². The maximum Gasteiger partial charge on any atom is 0.194 e. The molecule has 1 atom stereocenters. The molecule has 1 aliphatic rings. The monoisotopic (exact) mass is 287 g/mol. The van der Waals surface area contributed by atoms with Crippen LogP contribution in [0.3, 0.4) is 0 Å². The van der Waals surface area contributed by atoms with E-state index in [1.165, 1.54) is 0 Å². The second kappa shape index (κ2) is 6.14. The van der Waals surface area contributed by atoms with Crippen LogP contribution in [-0.2, 0) is 5.60 Å². The smallest absolute Gasteiger partial charge is 0.194 e. The van der Waals surface area contributed by atoms with Gasteiger partial charge in [0.1, 0.15) is 0 Å². The first-order chi connectivity index (χ1) is 9.48. The Kier molecular flexibility index (Phi) is 4.70. The summed E-state index contributed by atoms with van der Waals surface area (Å²) in [5.74, 6) is -4.00. The van der Waals surface area contributed by atoms with Crippen LogP contribution < -0.4 is 0 Å². The first-order valence-electron chi connectivity index (χ1n) is 7.06. The lowest BCUT2D eigenvalue weighted by molar-refractivity contribution is 0.0170. The minimum atomic E-state index is -1.51. The highest BCUT2D eigenvalue weighted by Gasteiger charge is 2.35. The predicted molar refractivity (Wildman–Crippen MR) is 70.8 cm³/mol. The molecule has 112 valence electrons. The van der Waals surface area contributed by atoms with Gasteiger partial charge in [-0.05, 0) is 44.8 Å². The number of aliphatic hydroxyl groups is 1. The molecular formula is C15H20F3NO. The zero-order valence-corrected chi connectivity index (χ0v) is 11.6. The van der Waals surface area contributed by atoms with Gasteiger partial charge in [0, 0.05) is 12.1 Å². The van der Waals surface area contributed by atoms with Crippen molar-refractivity contribution >= 4 is 0 Å². The lowest BCUT2D eigenvalue weighted by Gasteiger charge is -2.28. The van der Waals surface area contributed by atoms with Crippen LogP contribution >= 0.6 is 0 Å². The first-order valence-corrected chi connectivity index (χ1v) is 7.06. The Morgan fingerprint density at radius 1 is 1.15 bits per heavy atom. The molecule has 0 spiro atoms. The minimum absolute atomic E-state index is 0.130. The van der Waals surface area contributed by atoms with Gasteiger partial charge in [0.05, 0.1) is 5.60 Å². The van der Waals surface area contributed by atoms with E-state index in [2.05, 4.69) is 11.8 Å². The van der Waals surface area contributed by atoms with Gasteiger partial charge in [0.15, 0.2) is 17.5 Å². The highest BCUT2D eigenvalue weighted by molar-refractivity contribution is 5.26. The fourth-order valence-electron chi connectivity index (χ4n) is 2.87. The molecule has 2 nitrogen and oxygen atoms in total. The normalized spacial score (nSPS) is 24.6. The van der Waals surface area contributed by atoms with Crippen LogP contribution in [0.15, 0.2) is 12.1 Å². The molecule has 5 heteroatoms. The third-order valence-corrected chi connectivity index (χ3v) is 3.98. The van der Waals surface area contributed by atoms with Crippen molar-refractivity contribution in [1.29, 1.82) is 0 Å². The van der Waals surface area contributed by atoms with E-state index in [-0.39, 0.29) is 5.56 Å². The van der Waals surface area contributed by atoms with Gasteiger partial charge in [-0.15, -0.1) is 0 Å². The number of hydrogen-bond donors (Lipinski definition) is 1. The van der Waals surface area contributed by atoms with Crippen LogP contribution in [0.5, 0.6) is 0 Å². The van der Waals surface area contributed by atoms with Gasteiger partial charge in [-0.1, -0.05) is 13.0 Å². The Labute approximate surface area is 117 Å². The van der Waals surface area contributed by atoms with E-state index in [0.29, 0.717) is 25.8 Å². The molecule has 1 aromatic rings. The van der Waals surface area contributed by atoms with E-state index in [4.69, 9.17) is 0 Å². The maximum atomic E-state index is 13.9. The summed E-state index contributed by atoms with van der Waals surface area (Å²) in [7, 11) is 0. The first kappa shape index (κ1) is 15.3. The number of likely N-dealkylation sites (tertiary alicyclic amines) is 1. The Balaban J connectivity index is 2.25. The van der Waals surface area contributed by atoms with Gasteiger partial charge in [-0.2, -0.15) is 0 Å². The quantitative estimate of drug-likeness (QED) is 0.863. The molecule has 0 saturated carbocycles. The molecule has 2 rings (SSSR count). The van der Waals surface area contributed by atoms with Crippen molar-refractivity contribution in [3.8, 4) is 0 Å². The zero-order chi connectivity index (χ0) is 14.8. The molecule has 0 bridgehead atoms. The summed E-state index contributed by atoms with van der Waals surface area (Å²) >= 11 is 0. The number of nitrogens with zero attached hydrogens (tertiary/aromatic N) is 1. The van der Waals surface area contributed by atoms with Crippen molar-refractivity contribution in [2.24, 2.45) is 0 Å². The van der Waals surface area contributed by atoms with Gasteiger partial charge in [-0.25, -0.2) is 13.2 Å². The number of hydrogen-bond acceptors (Lipinski definition) is 2. The molecule has 0 amide bonds. The fraction of sp³-hybridized carbons (Fsp3) is 0.600. The molecule has 20 heavy (non-hydrogen) atoms. The molecule has 1 aromatic carbocycles. The highest BCUT2D eigenvalue weighted by atomic mass is 19.2. The summed E-state index contributed by atoms with van der Waals surface area (Å²) in [6.07, 6.45) is 2.40. The van der Waals surface area contributed by atoms with Crippen molar-refractivity contribution < 1.29 is 18.3 Å². The van der Waals surface area contributed by atoms with Crippen molar-refractivity contribution in [3.05, 3.63) is 35.1 Å². The third kappa shape index (κ3) is 2.99. The van der Waals surface area contributed by atoms with Crippen LogP contribution in [0.2, 0.25) is 0 Å². The molecular weight excluding hydrogens is 267 g/mol. The van der Waals surface area contributed by atoms with Crippen molar-refractivity contribution in [3.63, 3.8) is 0 Å². The fourth-order valence-corrected chi connectivity index (χ4v) is 2.87. The Morgan fingerprint density at radius 3 is 2.60 bits per heavy atom. The van der Waals surface area contributed by atoms with E-state index in [1.807, 2.05) is 0 Å². The van der Waals surface area contributed by atoms with Crippen LogP contribution in [0.25, 0.3) is 0 Å². The van der Waals surface area contributed by atoms with E-state index in [1.54, 1.807) is 0 Å². The van der Waals surface area contributed by atoms with Gasteiger partial charge < -0.3 is 10.0 Å². The van der Waals surface area contributed by atoms with Crippen LogP contribution in [-0.4, -0.2) is 29.6 Å². The van der Waals surface area contributed by atoms with Crippen LogP contribution in [0.4, 0.5) is 13.2 Å². The Hall–Kier alpha value is -1.07. The molecule has 1 saturated heterocycles.